The van der Waals surface area contributed by atoms with E-state index in [9.17, 15) is 0 Å². The van der Waals surface area contributed by atoms with Crippen LogP contribution in [0.2, 0.25) is 0 Å². The molecule has 0 spiro atoms. The van der Waals surface area contributed by atoms with Gasteiger partial charge in [0, 0.05) is 6.04 Å². The highest BCUT2D eigenvalue weighted by molar-refractivity contribution is 7.73. The van der Waals surface area contributed by atoms with Crippen molar-refractivity contribution in [2.24, 2.45) is 5.92 Å². The summed E-state index contributed by atoms with van der Waals surface area (Å²) in [5.74, 6) is 0.653. The first kappa shape index (κ1) is 22.3. The Bertz CT molecular complexity index is 934. The molecule has 0 saturated heterocycles. The first-order chi connectivity index (χ1) is 15.0. The van der Waals surface area contributed by atoms with E-state index in [4.69, 9.17) is 0 Å². The molecule has 31 heavy (non-hydrogen) atoms. The summed E-state index contributed by atoms with van der Waals surface area (Å²) in [4.78, 5) is 0. The van der Waals surface area contributed by atoms with E-state index in [2.05, 4.69) is 107 Å². The van der Waals surface area contributed by atoms with Gasteiger partial charge >= 0.3 is 0 Å². The van der Waals surface area contributed by atoms with E-state index in [-0.39, 0.29) is 0 Å². The van der Waals surface area contributed by atoms with Crippen molar-refractivity contribution in [1.82, 2.24) is 5.32 Å². The van der Waals surface area contributed by atoms with Gasteiger partial charge in [0.15, 0.2) is 0 Å². The van der Waals surface area contributed by atoms with Crippen molar-refractivity contribution in [2.75, 3.05) is 7.05 Å². The van der Waals surface area contributed by atoms with Crippen LogP contribution in [0.4, 0.5) is 0 Å². The fraction of sp³-hybridized carbons (Fsp3) is 0.379. The van der Waals surface area contributed by atoms with Crippen LogP contribution in [0.15, 0.2) is 66.7 Å². The first-order valence-electron chi connectivity index (χ1n) is 11.6. The van der Waals surface area contributed by atoms with Crippen molar-refractivity contribution >= 4 is 18.5 Å². The lowest BCUT2D eigenvalue weighted by Gasteiger charge is -2.35. The molecule has 0 heterocycles. The second-order valence-electron chi connectivity index (χ2n) is 9.40. The van der Waals surface area contributed by atoms with E-state index in [0.717, 1.165) is 0 Å². The average molecular weight is 430 g/mol. The third-order valence-electron chi connectivity index (χ3n) is 6.73. The molecule has 1 saturated carbocycles. The third kappa shape index (κ3) is 4.94. The maximum atomic E-state index is 3.70. The molecule has 0 bridgehead atoms. The first-order valence-corrected chi connectivity index (χ1v) is 13.1. The number of hydrogen-bond acceptors (Lipinski definition) is 1. The van der Waals surface area contributed by atoms with Gasteiger partial charge < -0.3 is 5.32 Å². The minimum Gasteiger partial charge on any atom is -0.313 e. The van der Waals surface area contributed by atoms with E-state index in [1.807, 2.05) is 0 Å². The Morgan fingerprint density at radius 3 is 1.74 bits per heavy atom. The zero-order valence-electron chi connectivity index (χ0n) is 19.7. The Hall–Kier alpha value is -1.95. The predicted octanol–water partition coefficient (Wildman–Crippen LogP) is 6.48. The van der Waals surface area contributed by atoms with E-state index < -0.39 is 7.92 Å². The quantitative estimate of drug-likeness (QED) is 0.442. The summed E-state index contributed by atoms with van der Waals surface area (Å²) in [5.41, 5.74) is 7.65. The monoisotopic (exact) mass is 429 g/mol. The molecule has 3 aromatic carbocycles. The van der Waals surface area contributed by atoms with Gasteiger partial charge in [-0.15, -0.1) is 0 Å². The summed E-state index contributed by atoms with van der Waals surface area (Å²) < 4.78 is 0. The van der Waals surface area contributed by atoms with Gasteiger partial charge in [-0.1, -0.05) is 95.4 Å². The van der Waals surface area contributed by atoms with Crippen LogP contribution in [0.3, 0.4) is 0 Å². The van der Waals surface area contributed by atoms with Crippen molar-refractivity contribution < 1.29 is 0 Å². The van der Waals surface area contributed by atoms with E-state index >= 15 is 0 Å². The topological polar surface area (TPSA) is 12.0 Å². The Balaban J connectivity index is 1.82. The molecular formula is C29H36NP. The minimum absolute atomic E-state index is 0.413. The lowest BCUT2D eigenvalue weighted by atomic mass is 9.91. The fourth-order valence-electron chi connectivity index (χ4n) is 5.68. The molecule has 1 nitrogen and oxygen atoms in total. The van der Waals surface area contributed by atoms with Gasteiger partial charge in [0.25, 0.3) is 0 Å². The van der Waals surface area contributed by atoms with Gasteiger partial charge in [-0.2, -0.15) is 0 Å². The van der Waals surface area contributed by atoms with Gasteiger partial charge in [0.1, 0.15) is 0 Å². The SMILES string of the molecule is CNC(c1ccccc1)C1CCCC1P(c1cc(C)cc(C)c1)c1cc(C)cc(C)c1. The molecule has 3 aromatic rings. The van der Waals surface area contributed by atoms with Crippen LogP contribution in [-0.2, 0) is 0 Å². The molecule has 3 unspecified atom stereocenters. The highest BCUT2D eigenvalue weighted by atomic mass is 31.1. The van der Waals surface area contributed by atoms with Crippen LogP contribution >= 0.6 is 7.92 Å². The smallest absolute Gasteiger partial charge is 0.0352 e. The Kier molecular flexibility index (Phi) is 6.95. The van der Waals surface area contributed by atoms with Gasteiger partial charge in [0.2, 0.25) is 0 Å². The van der Waals surface area contributed by atoms with Crippen molar-refractivity contribution in [1.29, 1.82) is 0 Å². The number of nitrogens with one attached hydrogen (secondary N) is 1. The lowest BCUT2D eigenvalue weighted by molar-refractivity contribution is 0.396. The third-order valence-corrected chi connectivity index (χ3v) is 9.66. The van der Waals surface area contributed by atoms with Crippen molar-refractivity contribution in [2.45, 2.75) is 58.7 Å². The number of rotatable bonds is 6. The average Bonchev–Trinajstić information content (AvgIpc) is 3.17. The number of benzene rings is 3. The number of hydrogen-bond donors (Lipinski definition) is 1. The maximum Gasteiger partial charge on any atom is 0.0352 e. The second kappa shape index (κ2) is 9.68. The normalized spacial score (nSPS) is 19.7. The highest BCUT2D eigenvalue weighted by Gasteiger charge is 2.39. The minimum atomic E-state index is -0.425. The summed E-state index contributed by atoms with van der Waals surface area (Å²) >= 11 is 0. The molecule has 0 aromatic heterocycles. The van der Waals surface area contributed by atoms with E-state index in [1.165, 1.54) is 47.1 Å². The Labute approximate surface area is 190 Å². The molecule has 2 heteroatoms. The second-order valence-corrected chi connectivity index (χ2v) is 11.8. The van der Waals surface area contributed by atoms with Crippen LogP contribution in [-0.4, -0.2) is 12.7 Å². The molecule has 3 atom stereocenters. The Morgan fingerprint density at radius 1 is 0.742 bits per heavy atom. The zero-order valence-corrected chi connectivity index (χ0v) is 20.5. The zero-order chi connectivity index (χ0) is 22.0. The van der Waals surface area contributed by atoms with Gasteiger partial charge in [-0.3, -0.25) is 0 Å². The Morgan fingerprint density at radius 2 is 1.26 bits per heavy atom. The van der Waals surface area contributed by atoms with Crippen molar-refractivity contribution in [3.63, 3.8) is 0 Å². The van der Waals surface area contributed by atoms with Gasteiger partial charge in [-0.05, 0) is 83.3 Å². The van der Waals surface area contributed by atoms with Crippen LogP contribution in [0.5, 0.6) is 0 Å². The molecule has 0 amide bonds. The summed E-state index contributed by atoms with van der Waals surface area (Å²) in [6.07, 6.45) is 3.95. The van der Waals surface area contributed by atoms with E-state index in [0.29, 0.717) is 17.6 Å². The fourth-order valence-corrected chi connectivity index (χ4v) is 9.26. The van der Waals surface area contributed by atoms with Gasteiger partial charge in [0.05, 0.1) is 0 Å². The van der Waals surface area contributed by atoms with Crippen LogP contribution in [0.25, 0.3) is 0 Å². The molecular weight excluding hydrogens is 393 g/mol. The van der Waals surface area contributed by atoms with E-state index in [1.54, 1.807) is 10.6 Å². The van der Waals surface area contributed by atoms with Crippen LogP contribution in [0.1, 0.15) is 53.1 Å². The molecule has 1 fully saturated rings. The molecule has 0 radical (unpaired) electrons. The number of aryl methyl sites for hydroxylation is 4. The molecule has 162 valence electrons. The summed E-state index contributed by atoms with van der Waals surface area (Å²) in [6.45, 7) is 8.99. The summed E-state index contributed by atoms with van der Waals surface area (Å²) in [6, 6.07) is 26.0. The maximum absolute atomic E-state index is 3.70. The molecule has 1 aliphatic rings. The molecule has 4 rings (SSSR count). The summed E-state index contributed by atoms with van der Waals surface area (Å²) in [7, 11) is 1.72. The standard InChI is InChI=1S/C29H36NP/c1-20-14-21(2)17-25(16-20)31(26-18-22(3)15-23(4)19-26)28-13-9-12-27(28)29(30-5)24-10-7-6-8-11-24/h6-8,10-11,14-19,27-30H,9,12-13H2,1-5H3. The van der Waals surface area contributed by atoms with Crippen LogP contribution < -0.4 is 15.9 Å². The predicted molar refractivity (Wildman–Crippen MR) is 137 cm³/mol. The van der Waals surface area contributed by atoms with Gasteiger partial charge in [-0.25, -0.2) is 0 Å². The largest absolute Gasteiger partial charge is 0.313 e. The van der Waals surface area contributed by atoms with Crippen LogP contribution in [0, 0.1) is 33.6 Å². The lowest BCUT2D eigenvalue weighted by Crippen LogP contribution is -2.33. The van der Waals surface area contributed by atoms with Crippen molar-refractivity contribution in [3.8, 4) is 0 Å². The van der Waals surface area contributed by atoms with Crippen molar-refractivity contribution in [3.05, 3.63) is 94.5 Å². The molecule has 1 aliphatic carbocycles. The molecule has 1 N–H and O–H groups in total. The summed E-state index contributed by atoms with van der Waals surface area (Å²) in [5, 5.41) is 6.81. The molecule has 0 aliphatic heterocycles. The highest BCUT2D eigenvalue weighted by Crippen LogP contribution is 2.53.